The van der Waals surface area contributed by atoms with E-state index in [0.29, 0.717) is 11.1 Å². The number of ketones is 3. The normalized spacial score (nSPS) is 33.8. The van der Waals surface area contributed by atoms with Gasteiger partial charge in [0.25, 0.3) is 0 Å². The molecule has 2 fully saturated rings. The molecule has 2 amide bonds. The van der Waals surface area contributed by atoms with Gasteiger partial charge in [-0.15, -0.1) is 0 Å². The van der Waals surface area contributed by atoms with E-state index in [-0.39, 0.29) is 43.4 Å². The van der Waals surface area contributed by atoms with Crippen molar-refractivity contribution >= 4 is 29.2 Å². The van der Waals surface area contributed by atoms with Crippen molar-refractivity contribution in [2.75, 3.05) is 0 Å². The summed E-state index contributed by atoms with van der Waals surface area (Å²) >= 11 is 0. The lowest BCUT2D eigenvalue weighted by molar-refractivity contribution is -0.194. The number of rotatable bonds is 4. The molecular weight excluding hydrogens is 420 g/mol. The molecule has 3 aliphatic rings. The minimum Gasteiger partial charge on any atom is -0.507 e. The summed E-state index contributed by atoms with van der Waals surface area (Å²) in [5.41, 5.74) is 9.09. The first-order valence-corrected chi connectivity index (χ1v) is 10.4. The van der Waals surface area contributed by atoms with E-state index in [1.165, 1.54) is 6.07 Å². The lowest BCUT2D eigenvalue weighted by Gasteiger charge is -2.53. The van der Waals surface area contributed by atoms with Gasteiger partial charge in [0.1, 0.15) is 11.9 Å². The summed E-state index contributed by atoms with van der Waals surface area (Å²) in [5.74, 6) is -9.17. The fourth-order valence-corrected chi connectivity index (χ4v) is 5.75. The first-order chi connectivity index (χ1) is 15.0. The smallest absolute Gasteiger partial charge is 0.235 e. The number of phenolic OH excluding ortho intramolecular Hbond substituents is 1. The maximum absolute atomic E-state index is 13.4. The fourth-order valence-electron chi connectivity index (χ4n) is 5.75. The quantitative estimate of drug-likeness (QED) is 0.347. The molecule has 0 heterocycles. The maximum atomic E-state index is 13.4. The zero-order valence-corrected chi connectivity index (χ0v) is 17.1. The number of hydrogen-bond donors (Lipinski definition) is 5. The van der Waals surface area contributed by atoms with Crippen LogP contribution in [-0.2, 0) is 32.0 Å². The Balaban J connectivity index is 1.76. The fraction of sp³-hybridized carbons (Fsp3) is 0.500. The Kier molecular flexibility index (Phi) is 5.17. The third-order valence-corrected chi connectivity index (χ3v) is 7.26. The highest BCUT2D eigenvalue weighted by molar-refractivity contribution is 6.22. The summed E-state index contributed by atoms with van der Waals surface area (Å²) in [6.07, 6.45) is -1.58. The van der Waals surface area contributed by atoms with Gasteiger partial charge in [-0.05, 0) is 42.4 Å². The molecule has 4 rings (SSSR count). The summed E-state index contributed by atoms with van der Waals surface area (Å²) in [4.78, 5) is 61.5. The number of carbonyl (C=O) groups is 5. The predicted octanol–water partition coefficient (Wildman–Crippen LogP) is -1.46. The van der Waals surface area contributed by atoms with Crippen molar-refractivity contribution in [2.45, 2.75) is 43.8 Å². The van der Waals surface area contributed by atoms with E-state index in [1.807, 2.05) is 0 Å². The first-order valence-electron chi connectivity index (χ1n) is 10.4. The van der Waals surface area contributed by atoms with Gasteiger partial charge in [0.2, 0.25) is 11.8 Å². The van der Waals surface area contributed by atoms with Crippen LogP contribution in [-0.4, -0.2) is 56.2 Å². The highest BCUT2D eigenvalue weighted by Crippen LogP contribution is 2.52. The van der Waals surface area contributed by atoms with Crippen molar-refractivity contribution in [1.82, 2.24) is 0 Å². The third-order valence-electron chi connectivity index (χ3n) is 7.26. The number of phenols is 1. The van der Waals surface area contributed by atoms with E-state index in [1.54, 1.807) is 6.07 Å². The lowest BCUT2D eigenvalue weighted by Crippen LogP contribution is -2.70. The molecule has 1 aromatic carbocycles. The Hall–Kier alpha value is -3.11. The Morgan fingerprint density at radius 3 is 2.44 bits per heavy atom. The number of fused-ring (bicyclic) bond motifs is 3. The van der Waals surface area contributed by atoms with Gasteiger partial charge in [-0.3, -0.25) is 24.0 Å². The molecule has 3 aliphatic carbocycles. The predicted molar refractivity (Wildman–Crippen MR) is 107 cm³/mol. The number of aromatic hydroxyl groups is 1. The number of aliphatic hydroxyl groups excluding tert-OH is 1. The van der Waals surface area contributed by atoms with Gasteiger partial charge >= 0.3 is 0 Å². The molecule has 6 atom stereocenters. The Morgan fingerprint density at radius 2 is 1.81 bits per heavy atom. The van der Waals surface area contributed by atoms with Gasteiger partial charge in [-0.25, -0.2) is 0 Å². The van der Waals surface area contributed by atoms with Crippen LogP contribution in [0.3, 0.4) is 0 Å². The summed E-state index contributed by atoms with van der Waals surface area (Å²) in [6, 6.07) is 2.92. The Labute approximate surface area is 182 Å². The topological polar surface area (TPSA) is 198 Å². The maximum Gasteiger partial charge on any atom is 0.235 e. The standard InChI is InChI=1S/C22H24N2O8/c23-14(27)4-2-8-1-3-12(25)16-11(8)6-9-5-10-7-13(26)17(21(24)31)20(30)22(10,32)19(29)15(9)18(16)28/h1,3,9-10,15,17,19,25,29,32H,2,4-7H2,(H2,23,27)(H2,24,31)/t9-,10+,15?,17?,19?,22+/m1/s1. The number of benzene rings is 1. The van der Waals surface area contributed by atoms with Gasteiger partial charge < -0.3 is 26.8 Å². The molecule has 0 bridgehead atoms. The van der Waals surface area contributed by atoms with E-state index < -0.39 is 64.5 Å². The van der Waals surface area contributed by atoms with Crippen LogP contribution in [0.5, 0.6) is 5.75 Å². The van der Waals surface area contributed by atoms with Crippen molar-refractivity contribution in [1.29, 1.82) is 0 Å². The molecule has 0 aliphatic heterocycles. The van der Waals surface area contributed by atoms with Crippen molar-refractivity contribution in [3.8, 4) is 5.75 Å². The number of nitrogens with two attached hydrogens (primary N) is 2. The Morgan fingerprint density at radius 1 is 1.12 bits per heavy atom. The Bertz CT molecular complexity index is 1070. The SMILES string of the molecule is NC(=O)CCc1ccc(O)c2c1C[C@H]1C[C@H]3CC(=O)C(C(N)=O)C(=O)[C@@]3(O)C(O)C1C2=O. The molecule has 0 saturated heterocycles. The highest BCUT2D eigenvalue weighted by atomic mass is 16.4. The molecule has 0 aromatic heterocycles. The summed E-state index contributed by atoms with van der Waals surface area (Å²) < 4.78 is 0. The molecule has 170 valence electrons. The number of carbonyl (C=O) groups excluding carboxylic acids is 5. The highest BCUT2D eigenvalue weighted by Gasteiger charge is 2.65. The summed E-state index contributed by atoms with van der Waals surface area (Å²) in [5, 5.41) is 32.6. The number of aliphatic hydroxyl groups is 2. The zero-order valence-electron chi connectivity index (χ0n) is 17.1. The zero-order chi connectivity index (χ0) is 23.5. The molecule has 32 heavy (non-hydrogen) atoms. The van der Waals surface area contributed by atoms with Gasteiger partial charge in [-0.2, -0.15) is 0 Å². The minimum absolute atomic E-state index is 0.0277. The molecule has 2 saturated carbocycles. The molecule has 7 N–H and O–H groups in total. The molecular formula is C22H24N2O8. The van der Waals surface area contributed by atoms with Crippen molar-refractivity contribution in [3.05, 3.63) is 28.8 Å². The second-order valence-electron chi connectivity index (χ2n) is 8.99. The van der Waals surface area contributed by atoms with Gasteiger partial charge in [0, 0.05) is 18.8 Å². The van der Waals surface area contributed by atoms with Gasteiger partial charge in [0.15, 0.2) is 28.9 Å². The average molecular weight is 444 g/mol. The van der Waals surface area contributed by atoms with Crippen LogP contribution in [0.1, 0.15) is 40.7 Å². The van der Waals surface area contributed by atoms with Crippen LogP contribution in [0.15, 0.2) is 12.1 Å². The molecule has 3 unspecified atom stereocenters. The average Bonchev–Trinajstić information content (AvgIpc) is 2.69. The van der Waals surface area contributed by atoms with Gasteiger partial charge in [0.05, 0.1) is 11.5 Å². The second-order valence-corrected chi connectivity index (χ2v) is 8.99. The monoisotopic (exact) mass is 444 g/mol. The van der Waals surface area contributed by atoms with Crippen LogP contribution in [0.2, 0.25) is 0 Å². The number of amides is 2. The first kappa shape index (κ1) is 22.1. The number of hydrogen-bond acceptors (Lipinski definition) is 8. The lowest BCUT2D eigenvalue weighted by atomic mass is 9.53. The van der Waals surface area contributed by atoms with E-state index in [4.69, 9.17) is 11.5 Å². The molecule has 0 radical (unpaired) electrons. The van der Waals surface area contributed by atoms with Crippen molar-refractivity contribution in [2.24, 2.45) is 35.1 Å². The van der Waals surface area contributed by atoms with Crippen LogP contribution in [0.25, 0.3) is 0 Å². The molecule has 10 heteroatoms. The van der Waals surface area contributed by atoms with Crippen LogP contribution >= 0.6 is 0 Å². The molecule has 1 aromatic rings. The second kappa shape index (κ2) is 7.49. The number of primary amides is 2. The van der Waals surface area contributed by atoms with Crippen LogP contribution < -0.4 is 11.5 Å². The van der Waals surface area contributed by atoms with E-state index >= 15 is 0 Å². The third kappa shape index (κ3) is 3.05. The van der Waals surface area contributed by atoms with Gasteiger partial charge in [-0.1, -0.05) is 6.07 Å². The molecule has 0 spiro atoms. The van der Waals surface area contributed by atoms with E-state index in [0.717, 1.165) is 0 Å². The van der Waals surface area contributed by atoms with E-state index in [2.05, 4.69) is 0 Å². The summed E-state index contributed by atoms with van der Waals surface area (Å²) in [7, 11) is 0. The minimum atomic E-state index is -2.47. The molecule has 10 nitrogen and oxygen atoms in total. The number of Topliss-reactive ketones (excluding diaryl/α,β-unsaturated/α-hetero) is 3. The van der Waals surface area contributed by atoms with Crippen LogP contribution in [0.4, 0.5) is 0 Å². The number of aryl methyl sites for hydroxylation is 1. The van der Waals surface area contributed by atoms with Crippen molar-refractivity contribution < 1.29 is 39.3 Å². The van der Waals surface area contributed by atoms with Crippen molar-refractivity contribution in [3.63, 3.8) is 0 Å². The van der Waals surface area contributed by atoms with Crippen LogP contribution in [0, 0.1) is 23.7 Å². The largest absolute Gasteiger partial charge is 0.507 e. The van der Waals surface area contributed by atoms with E-state index in [9.17, 15) is 39.3 Å². The summed E-state index contributed by atoms with van der Waals surface area (Å²) in [6.45, 7) is 0.